The summed E-state index contributed by atoms with van der Waals surface area (Å²) in [6.45, 7) is 1.91. The lowest BCUT2D eigenvalue weighted by molar-refractivity contribution is -0.140. The predicted octanol–water partition coefficient (Wildman–Crippen LogP) is 5.13. The molecule has 5 nitrogen and oxygen atoms in total. The molecule has 1 fully saturated rings. The van der Waals surface area contributed by atoms with E-state index in [0.29, 0.717) is 22.3 Å². The van der Waals surface area contributed by atoms with Crippen molar-refractivity contribution in [3.8, 4) is 0 Å². The third-order valence-electron chi connectivity index (χ3n) is 6.09. The second-order valence-electron chi connectivity index (χ2n) is 8.35. The number of pyridine rings is 2. The number of aromatic nitrogens is 2. The van der Waals surface area contributed by atoms with Crippen molar-refractivity contribution in [1.82, 2.24) is 15.3 Å². The highest BCUT2D eigenvalue weighted by atomic mass is 19.4. The van der Waals surface area contributed by atoms with Gasteiger partial charge in [0.25, 0.3) is 5.91 Å². The van der Waals surface area contributed by atoms with Crippen molar-refractivity contribution in [1.29, 1.82) is 0 Å². The van der Waals surface area contributed by atoms with E-state index >= 15 is 0 Å². The van der Waals surface area contributed by atoms with E-state index in [1.807, 2.05) is 24.9 Å². The maximum atomic E-state index is 13.4. The van der Waals surface area contributed by atoms with Crippen LogP contribution in [0.3, 0.4) is 0 Å². The van der Waals surface area contributed by atoms with Gasteiger partial charge in [-0.1, -0.05) is 18.2 Å². The van der Waals surface area contributed by atoms with Gasteiger partial charge in [-0.15, -0.1) is 0 Å². The maximum Gasteiger partial charge on any atom is 0.433 e. The molecule has 0 bridgehead atoms. The molecule has 0 saturated heterocycles. The van der Waals surface area contributed by atoms with Crippen molar-refractivity contribution in [2.24, 2.45) is 0 Å². The number of amides is 1. The number of anilines is 1. The highest BCUT2D eigenvalue weighted by Gasteiger charge is 2.34. The second-order valence-corrected chi connectivity index (χ2v) is 8.35. The van der Waals surface area contributed by atoms with E-state index in [0.717, 1.165) is 37.3 Å². The summed E-state index contributed by atoms with van der Waals surface area (Å²) in [4.78, 5) is 22.3. The lowest BCUT2D eigenvalue weighted by atomic mass is 9.89. The second kappa shape index (κ2) is 8.76. The molecule has 1 aromatic carbocycles. The molecule has 4 rings (SSSR count). The average Bonchev–Trinajstić information content (AvgIpc) is 2.77. The summed E-state index contributed by atoms with van der Waals surface area (Å²) < 4.78 is 40.2. The summed E-state index contributed by atoms with van der Waals surface area (Å²) in [5.41, 5.74) is 1.34. The normalized spacial score (nSPS) is 19.0. The first-order chi connectivity index (χ1) is 15.2. The minimum Gasteiger partial charge on any atom is -0.371 e. The van der Waals surface area contributed by atoms with Gasteiger partial charge in [-0.3, -0.25) is 9.78 Å². The maximum absolute atomic E-state index is 13.4. The Balaban J connectivity index is 1.47. The zero-order valence-corrected chi connectivity index (χ0v) is 18.0. The van der Waals surface area contributed by atoms with Crippen LogP contribution in [0.15, 0.2) is 48.7 Å². The van der Waals surface area contributed by atoms with Crippen LogP contribution in [-0.4, -0.2) is 35.0 Å². The van der Waals surface area contributed by atoms with Crippen LogP contribution in [0.1, 0.15) is 47.4 Å². The van der Waals surface area contributed by atoms with Crippen molar-refractivity contribution in [3.63, 3.8) is 0 Å². The van der Waals surface area contributed by atoms with Crippen LogP contribution in [0.5, 0.6) is 0 Å². The number of alkyl halides is 3. The third-order valence-corrected chi connectivity index (χ3v) is 6.09. The number of hydrogen-bond donors (Lipinski definition) is 1. The summed E-state index contributed by atoms with van der Waals surface area (Å²) in [6, 6.07) is 11.7. The first-order valence-electron chi connectivity index (χ1n) is 10.7. The molecule has 0 aliphatic heterocycles. The molecule has 2 heterocycles. The quantitative estimate of drug-likeness (QED) is 0.608. The molecular weight excluding hydrogens is 417 g/mol. The number of fused-ring (bicyclic) bond motifs is 1. The molecule has 1 saturated carbocycles. The van der Waals surface area contributed by atoms with Crippen LogP contribution < -0.4 is 10.2 Å². The molecule has 1 aliphatic carbocycles. The fourth-order valence-electron chi connectivity index (χ4n) is 4.32. The molecule has 168 valence electrons. The number of carbonyl (C=O) groups excluding carboxylic acids is 1. The molecule has 2 aromatic heterocycles. The van der Waals surface area contributed by atoms with Gasteiger partial charge in [0.2, 0.25) is 0 Å². The Morgan fingerprint density at radius 1 is 1.09 bits per heavy atom. The predicted molar refractivity (Wildman–Crippen MR) is 118 cm³/mol. The fourth-order valence-corrected chi connectivity index (χ4v) is 4.32. The SMILES string of the molecule is Cc1ccnc(C(=O)N[C@H]2CC[C@@H](N(C)c3cc(C(F)(F)F)nc4ccccc34)CC2)c1. The van der Waals surface area contributed by atoms with Crippen molar-refractivity contribution in [3.05, 3.63) is 65.6 Å². The van der Waals surface area contributed by atoms with Gasteiger partial charge in [-0.05, 0) is 62.4 Å². The van der Waals surface area contributed by atoms with Crippen molar-refractivity contribution in [2.45, 2.75) is 50.9 Å². The minimum atomic E-state index is -4.51. The first-order valence-corrected chi connectivity index (χ1v) is 10.7. The molecule has 0 radical (unpaired) electrons. The van der Waals surface area contributed by atoms with Crippen LogP contribution in [0.25, 0.3) is 10.9 Å². The fraction of sp³-hybridized carbons (Fsp3) is 0.375. The van der Waals surface area contributed by atoms with Gasteiger partial charge >= 0.3 is 6.18 Å². The zero-order chi connectivity index (χ0) is 22.9. The number of rotatable bonds is 4. The number of hydrogen-bond acceptors (Lipinski definition) is 4. The van der Waals surface area contributed by atoms with E-state index in [1.165, 1.54) is 0 Å². The smallest absolute Gasteiger partial charge is 0.371 e. The van der Waals surface area contributed by atoms with E-state index in [9.17, 15) is 18.0 Å². The van der Waals surface area contributed by atoms with Crippen LogP contribution in [0, 0.1) is 6.92 Å². The number of halogens is 3. The van der Waals surface area contributed by atoms with Crippen molar-refractivity contribution in [2.75, 3.05) is 11.9 Å². The van der Waals surface area contributed by atoms with E-state index in [-0.39, 0.29) is 18.0 Å². The van der Waals surface area contributed by atoms with Gasteiger partial charge in [0.05, 0.1) is 5.52 Å². The number of aryl methyl sites for hydroxylation is 1. The number of benzene rings is 1. The summed E-state index contributed by atoms with van der Waals surface area (Å²) in [6.07, 6.45) is 0.139. The number of para-hydroxylation sites is 1. The van der Waals surface area contributed by atoms with Crippen LogP contribution >= 0.6 is 0 Å². The molecule has 1 aliphatic rings. The van der Waals surface area contributed by atoms with Gasteiger partial charge in [-0.2, -0.15) is 13.2 Å². The summed E-state index contributed by atoms with van der Waals surface area (Å²) in [7, 11) is 1.84. The Bertz CT molecular complexity index is 1120. The van der Waals surface area contributed by atoms with Gasteiger partial charge in [-0.25, -0.2) is 4.98 Å². The van der Waals surface area contributed by atoms with E-state index in [2.05, 4.69) is 15.3 Å². The van der Waals surface area contributed by atoms with E-state index in [4.69, 9.17) is 0 Å². The van der Waals surface area contributed by atoms with Gasteiger partial charge in [0, 0.05) is 36.4 Å². The van der Waals surface area contributed by atoms with Gasteiger partial charge in [0.15, 0.2) is 0 Å². The number of nitrogens with zero attached hydrogens (tertiary/aromatic N) is 3. The van der Waals surface area contributed by atoms with Crippen molar-refractivity contribution >= 4 is 22.5 Å². The molecule has 32 heavy (non-hydrogen) atoms. The number of carbonyl (C=O) groups is 1. The Hall–Kier alpha value is -3.16. The highest BCUT2D eigenvalue weighted by Crippen LogP contribution is 2.36. The topological polar surface area (TPSA) is 58.1 Å². The third kappa shape index (κ3) is 4.69. The monoisotopic (exact) mass is 442 g/mol. The molecular formula is C24H25F3N4O. The molecule has 0 spiro atoms. The van der Waals surface area contributed by atoms with Crippen LogP contribution in [-0.2, 0) is 6.18 Å². The lowest BCUT2D eigenvalue weighted by Crippen LogP contribution is -2.43. The van der Waals surface area contributed by atoms with E-state index in [1.54, 1.807) is 36.5 Å². The molecule has 8 heteroatoms. The Labute approximate surface area is 184 Å². The van der Waals surface area contributed by atoms with Gasteiger partial charge in [0.1, 0.15) is 11.4 Å². The molecule has 1 N–H and O–H groups in total. The zero-order valence-electron chi connectivity index (χ0n) is 18.0. The Kier molecular flexibility index (Phi) is 6.04. The van der Waals surface area contributed by atoms with Crippen molar-refractivity contribution < 1.29 is 18.0 Å². The Morgan fingerprint density at radius 2 is 1.81 bits per heavy atom. The summed E-state index contributed by atoms with van der Waals surface area (Å²) >= 11 is 0. The number of nitrogens with one attached hydrogen (secondary N) is 1. The summed E-state index contributed by atoms with van der Waals surface area (Å²) in [5, 5.41) is 3.74. The molecule has 1 amide bonds. The van der Waals surface area contributed by atoms with Crippen LogP contribution in [0.2, 0.25) is 0 Å². The average molecular weight is 442 g/mol. The molecule has 3 aromatic rings. The standard InChI is InChI=1S/C24H25F3N4O/c1-15-11-12-28-20(13-15)23(32)29-16-7-9-17(10-8-16)31(2)21-14-22(24(25,26)27)30-19-6-4-3-5-18(19)21/h3-6,11-14,16-17H,7-10H2,1-2H3,(H,29,32)/t16-,17+. The lowest BCUT2D eigenvalue weighted by Gasteiger charge is -2.36. The minimum absolute atomic E-state index is 0.0226. The van der Waals surface area contributed by atoms with Gasteiger partial charge < -0.3 is 10.2 Å². The summed E-state index contributed by atoms with van der Waals surface area (Å²) in [5.74, 6) is -0.194. The molecule has 0 atom stereocenters. The highest BCUT2D eigenvalue weighted by molar-refractivity contribution is 5.93. The van der Waals surface area contributed by atoms with E-state index < -0.39 is 11.9 Å². The van der Waals surface area contributed by atoms with Crippen LogP contribution in [0.4, 0.5) is 18.9 Å². The first kappa shape index (κ1) is 22.0. The Morgan fingerprint density at radius 3 is 2.50 bits per heavy atom. The molecule has 0 unspecified atom stereocenters. The largest absolute Gasteiger partial charge is 0.433 e.